The highest BCUT2D eigenvalue weighted by Crippen LogP contribution is 2.21. The third kappa shape index (κ3) is 9.02. The van der Waals surface area contributed by atoms with Gasteiger partial charge < -0.3 is 23.8 Å². The number of rotatable bonds is 9. The quantitative estimate of drug-likeness (QED) is 0.402. The Morgan fingerprint density at radius 3 is 1.63 bits per heavy atom. The van der Waals surface area contributed by atoms with Crippen LogP contribution in [0.15, 0.2) is 0 Å². The molecule has 10 nitrogen and oxygen atoms in total. The van der Waals surface area contributed by atoms with E-state index in [-0.39, 0.29) is 6.61 Å². The normalized spacial score (nSPS) is 14.8. The van der Waals surface area contributed by atoms with E-state index >= 15 is 0 Å². The Kier molecular flexibility index (Phi) is 10.1. The summed E-state index contributed by atoms with van der Waals surface area (Å²) in [5.74, 6) is -3.10. The first-order valence-electron chi connectivity index (χ1n) is 8.25. The Hall–Kier alpha value is -2.65. The lowest BCUT2D eigenvalue weighted by Gasteiger charge is -2.39. The van der Waals surface area contributed by atoms with Crippen molar-refractivity contribution < 1.29 is 42.9 Å². The van der Waals surface area contributed by atoms with Crippen molar-refractivity contribution in [3.8, 4) is 0 Å². The fourth-order valence-electron chi connectivity index (χ4n) is 2.47. The summed E-state index contributed by atoms with van der Waals surface area (Å²) in [6.07, 6.45) is -3.32. The van der Waals surface area contributed by atoms with E-state index < -0.39 is 54.1 Å². The number of likely N-dealkylation sites (N-methyl/N-ethyl adjacent to an activating group) is 1. The molecule has 0 fully saturated rings. The largest absolute Gasteiger partial charge is 0.462 e. The summed E-state index contributed by atoms with van der Waals surface area (Å²) in [4.78, 5) is 58.8. The van der Waals surface area contributed by atoms with Gasteiger partial charge in [-0.3, -0.25) is 24.0 Å². The van der Waals surface area contributed by atoms with Gasteiger partial charge >= 0.3 is 23.9 Å². The van der Waals surface area contributed by atoms with E-state index in [1.165, 1.54) is 39.6 Å². The van der Waals surface area contributed by atoms with E-state index in [0.29, 0.717) is 0 Å². The topological polar surface area (TPSA) is 126 Å². The predicted molar refractivity (Wildman–Crippen MR) is 91.2 cm³/mol. The van der Waals surface area contributed by atoms with Gasteiger partial charge in [0.25, 0.3) is 0 Å². The summed E-state index contributed by atoms with van der Waals surface area (Å²) in [7, 11) is 1.40. The predicted octanol–water partition coefficient (Wildman–Crippen LogP) is 0.211. The Balaban J connectivity index is 6.06. The van der Waals surface area contributed by atoms with E-state index in [4.69, 9.17) is 18.9 Å². The van der Waals surface area contributed by atoms with E-state index in [1.54, 1.807) is 0 Å². The smallest absolute Gasteiger partial charge is 0.303 e. The summed E-state index contributed by atoms with van der Waals surface area (Å²) in [6.45, 7) is 6.96. The second kappa shape index (κ2) is 11.1. The molecular formula is C17H27NO9. The van der Waals surface area contributed by atoms with Gasteiger partial charge in [0, 0.05) is 41.7 Å². The van der Waals surface area contributed by atoms with Gasteiger partial charge in [-0.2, -0.15) is 0 Å². The lowest BCUT2D eigenvalue weighted by Crippen LogP contribution is -2.58. The van der Waals surface area contributed by atoms with E-state index in [0.717, 1.165) is 13.8 Å². The highest BCUT2D eigenvalue weighted by molar-refractivity contribution is 5.74. The highest BCUT2D eigenvalue weighted by atomic mass is 16.6. The first-order chi connectivity index (χ1) is 12.4. The summed E-state index contributed by atoms with van der Waals surface area (Å²) < 4.78 is 20.5. The first-order valence-corrected chi connectivity index (χ1v) is 8.25. The van der Waals surface area contributed by atoms with Gasteiger partial charge in [-0.25, -0.2) is 0 Å². The van der Waals surface area contributed by atoms with Crippen molar-refractivity contribution in [3.05, 3.63) is 0 Å². The fourth-order valence-corrected chi connectivity index (χ4v) is 2.47. The Morgan fingerprint density at radius 2 is 1.26 bits per heavy atom. The molecule has 0 aliphatic carbocycles. The van der Waals surface area contributed by atoms with Gasteiger partial charge in [0.15, 0.2) is 12.2 Å². The van der Waals surface area contributed by atoms with Gasteiger partial charge in [-0.05, 0) is 6.92 Å². The molecule has 0 aromatic heterocycles. The summed E-state index contributed by atoms with van der Waals surface area (Å²) >= 11 is 0. The van der Waals surface area contributed by atoms with E-state index in [1.807, 2.05) is 0 Å². The molecule has 0 spiro atoms. The zero-order valence-corrected chi connectivity index (χ0v) is 16.6. The van der Waals surface area contributed by atoms with E-state index in [2.05, 4.69) is 0 Å². The van der Waals surface area contributed by atoms with Gasteiger partial charge in [-0.1, -0.05) is 0 Å². The number of ether oxygens (including phenoxy) is 4. The van der Waals surface area contributed by atoms with Gasteiger partial charge in [0.2, 0.25) is 5.91 Å². The number of carbonyl (C=O) groups excluding carboxylic acids is 5. The molecule has 0 unspecified atom stereocenters. The minimum absolute atomic E-state index is 0.387. The lowest BCUT2D eigenvalue weighted by molar-refractivity contribution is -0.184. The molecule has 4 atom stereocenters. The van der Waals surface area contributed by atoms with Crippen molar-refractivity contribution in [2.75, 3.05) is 13.7 Å². The van der Waals surface area contributed by atoms with Crippen LogP contribution in [0.2, 0.25) is 0 Å². The zero-order chi connectivity index (χ0) is 21.3. The molecule has 10 heteroatoms. The van der Waals surface area contributed by atoms with Crippen LogP contribution in [0.5, 0.6) is 0 Å². The number of hydrogen-bond acceptors (Lipinski definition) is 9. The monoisotopic (exact) mass is 389 g/mol. The molecule has 1 amide bonds. The maximum atomic E-state index is 12.0. The van der Waals surface area contributed by atoms with Crippen LogP contribution < -0.4 is 0 Å². The van der Waals surface area contributed by atoms with Gasteiger partial charge in [-0.15, -0.1) is 0 Å². The van der Waals surface area contributed by atoms with Crippen LogP contribution in [-0.2, 0) is 42.9 Å². The molecule has 0 aliphatic heterocycles. The fraction of sp³-hybridized carbons (Fsp3) is 0.706. The number of carbonyl (C=O) groups is 5. The van der Waals surface area contributed by atoms with Crippen LogP contribution >= 0.6 is 0 Å². The molecule has 0 aromatic carbocycles. The molecule has 0 saturated heterocycles. The van der Waals surface area contributed by atoms with Crippen LogP contribution in [0.1, 0.15) is 41.5 Å². The zero-order valence-electron chi connectivity index (χ0n) is 16.6. The maximum absolute atomic E-state index is 12.0. The van der Waals surface area contributed by atoms with Crippen molar-refractivity contribution >= 4 is 29.8 Å². The summed E-state index contributed by atoms with van der Waals surface area (Å²) in [5.41, 5.74) is 0. The van der Waals surface area contributed by atoms with E-state index in [9.17, 15) is 24.0 Å². The second-order valence-electron chi connectivity index (χ2n) is 5.96. The molecule has 0 aliphatic rings. The molecule has 0 rings (SSSR count). The third-order valence-corrected chi connectivity index (χ3v) is 3.55. The van der Waals surface area contributed by atoms with Crippen LogP contribution in [0.4, 0.5) is 0 Å². The number of nitrogens with zero attached hydrogens (tertiary/aromatic N) is 1. The molecule has 0 aromatic rings. The molecule has 0 bridgehead atoms. The Labute approximate surface area is 158 Å². The van der Waals surface area contributed by atoms with Crippen molar-refractivity contribution in [2.24, 2.45) is 0 Å². The Bertz CT molecular complexity index is 575. The molecule has 154 valence electrons. The summed E-state index contributed by atoms with van der Waals surface area (Å²) in [6, 6.07) is -1.08. The van der Waals surface area contributed by atoms with Crippen molar-refractivity contribution in [2.45, 2.75) is 65.9 Å². The maximum Gasteiger partial charge on any atom is 0.303 e. The minimum Gasteiger partial charge on any atom is -0.462 e. The van der Waals surface area contributed by atoms with Crippen molar-refractivity contribution in [1.29, 1.82) is 0 Å². The van der Waals surface area contributed by atoms with Crippen LogP contribution in [0.3, 0.4) is 0 Å². The standard InChI is InChI=1S/C17H27NO9/c1-9(25-12(4)21)17(27-14(6)23)16(18(7)10(2)19)15(26-13(5)22)8-24-11(3)20/h9,15-17H,8H2,1-7H3/t9-,15+,16-,17-/m0/s1. The Morgan fingerprint density at radius 1 is 0.778 bits per heavy atom. The van der Waals surface area contributed by atoms with Crippen LogP contribution in [0.25, 0.3) is 0 Å². The third-order valence-electron chi connectivity index (χ3n) is 3.55. The first kappa shape index (κ1) is 24.4. The average molecular weight is 389 g/mol. The average Bonchev–Trinajstić information content (AvgIpc) is 2.49. The molecule has 0 N–H and O–H groups in total. The molecule has 0 radical (unpaired) electrons. The molecule has 27 heavy (non-hydrogen) atoms. The lowest BCUT2D eigenvalue weighted by atomic mass is 9.98. The minimum atomic E-state index is -1.18. The number of esters is 4. The molecular weight excluding hydrogens is 362 g/mol. The van der Waals surface area contributed by atoms with Crippen molar-refractivity contribution in [1.82, 2.24) is 4.90 Å². The highest BCUT2D eigenvalue weighted by Gasteiger charge is 2.43. The van der Waals surface area contributed by atoms with Crippen LogP contribution in [-0.4, -0.2) is 72.7 Å². The summed E-state index contributed by atoms with van der Waals surface area (Å²) in [5, 5.41) is 0. The SMILES string of the molecule is CC(=O)OC[C@@H](OC(C)=O)[C@@H]([C@@H](OC(C)=O)[C@H](C)OC(C)=O)N(C)C(C)=O. The number of amides is 1. The number of hydrogen-bond donors (Lipinski definition) is 0. The van der Waals surface area contributed by atoms with Crippen molar-refractivity contribution in [3.63, 3.8) is 0 Å². The van der Waals surface area contributed by atoms with Crippen LogP contribution in [0, 0.1) is 0 Å². The molecule has 0 heterocycles. The van der Waals surface area contributed by atoms with Gasteiger partial charge in [0.1, 0.15) is 18.8 Å². The second-order valence-corrected chi connectivity index (χ2v) is 5.96. The molecule has 0 saturated carbocycles. The van der Waals surface area contributed by atoms with Gasteiger partial charge in [0.05, 0.1) is 0 Å².